The summed E-state index contributed by atoms with van der Waals surface area (Å²) in [5.41, 5.74) is 1.28. The van der Waals surface area contributed by atoms with Crippen LogP contribution in [0.5, 0.6) is 5.75 Å². The van der Waals surface area contributed by atoms with Crippen LogP contribution in [0.2, 0.25) is 0 Å². The molecule has 0 spiro atoms. The van der Waals surface area contributed by atoms with Crippen LogP contribution in [-0.4, -0.2) is 73.2 Å². The van der Waals surface area contributed by atoms with Crippen molar-refractivity contribution in [3.05, 3.63) is 30.0 Å². The molecule has 1 aromatic carbocycles. The van der Waals surface area contributed by atoms with Gasteiger partial charge in [0.1, 0.15) is 17.5 Å². The van der Waals surface area contributed by atoms with E-state index in [4.69, 9.17) is 4.74 Å². The second-order valence-electron chi connectivity index (χ2n) is 9.90. The second-order valence-corrected chi connectivity index (χ2v) is 9.90. The van der Waals surface area contributed by atoms with Gasteiger partial charge in [0.25, 0.3) is 5.91 Å². The van der Waals surface area contributed by atoms with Crippen molar-refractivity contribution >= 4 is 34.8 Å². The Morgan fingerprint density at radius 1 is 1.31 bits per heavy atom. The molecule has 3 amide bonds. The van der Waals surface area contributed by atoms with Gasteiger partial charge in [0.2, 0.25) is 11.8 Å². The number of hydrogen-bond donors (Lipinski definition) is 3. The van der Waals surface area contributed by atoms with Gasteiger partial charge in [-0.15, -0.1) is 0 Å². The lowest BCUT2D eigenvalue weighted by Crippen LogP contribution is -2.52. The Kier molecular flexibility index (Phi) is 6.49. The molecule has 2 aliphatic heterocycles. The van der Waals surface area contributed by atoms with Crippen LogP contribution in [-0.2, 0) is 9.59 Å². The molecule has 2 saturated heterocycles. The van der Waals surface area contributed by atoms with Gasteiger partial charge in [-0.2, -0.15) is 0 Å². The Labute approximate surface area is 204 Å². The highest BCUT2D eigenvalue weighted by molar-refractivity contribution is 6.02. The minimum Gasteiger partial charge on any atom is -0.496 e. The second kappa shape index (κ2) is 9.71. The smallest absolute Gasteiger partial charge is 0.271 e. The number of aromatic amines is 1. The van der Waals surface area contributed by atoms with Gasteiger partial charge in [-0.3, -0.25) is 19.4 Å². The van der Waals surface area contributed by atoms with Gasteiger partial charge in [0.05, 0.1) is 13.2 Å². The molecule has 3 fully saturated rings. The van der Waals surface area contributed by atoms with Crippen molar-refractivity contribution in [2.45, 2.75) is 44.2 Å². The molecule has 1 saturated carbocycles. The quantitative estimate of drug-likeness (QED) is 0.528. The monoisotopic (exact) mass is 479 g/mol. The molecule has 3 N–H and O–H groups in total. The number of carbonyl (C=O) groups is 3. The Hall–Kier alpha value is -3.36. The first-order valence-electron chi connectivity index (χ1n) is 12.5. The molecule has 5 rings (SSSR count). The van der Waals surface area contributed by atoms with E-state index in [9.17, 15) is 14.4 Å². The Morgan fingerprint density at radius 2 is 2.17 bits per heavy atom. The van der Waals surface area contributed by atoms with Crippen molar-refractivity contribution in [1.82, 2.24) is 20.5 Å². The molecule has 0 bridgehead atoms. The molecule has 35 heavy (non-hydrogen) atoms. The first-order chi connectivity index (χ1) is 17.0. The standard InChI is InChI=1S/C26H33N5O4/c1-27-13-17(11-15-9-10-28-24(15)32)29-25(33)23-18-6-3-5-16(18)14-31(23)26(34)21-12-19-20(30-21)7-4-8-22(19)35-2/h4,7-8,12-13,15-18,23,30H,3,5-6,9-11,14H2,1-2H3,(H,28,32)(H,29,33)/t15-,16?,17-,18?,23?/m0/s1. The number of amides is 3. The van der Waals surface area contributed by atoms with Crippen LogP contribution < -0.4 is 15.4 Å². The number of nitrogens with one attached hydrogen (secondary N) is 3. The zero-order chi connectivity index (χ0) is 24.5. The van der Waals surface area contributed by atoms with E-state index in [-0.39, 0.29) is 35.6 Å². The Bertz CT molecular complexity index is 1160. The lowest BCUT2D eigenvalue weighted by molar-refractivity contribution is -0.127. The molecule has 1 aromatic heterocycles. The highest BCUT2D eigenvalue weighted by atomic mass is 16.5. The van der Waals surface area contributed by atoms with Crippen LogP contribution in [0, 0.1) is 17.8 Å². The van der Waals surface area contributed by atoms with Crippen molar-refractivity contribution < 1.29 is 19.1 Å². The number of ether oxygens (including phenoxy) is 1. The number of fused-ring (bicyclic) bond motifs is 2. The highest BCUT2D eigenvalue weighted by Gasteiger charge is 2.50. The van der Waals surface area contributed by atoms with Crippen LogP contribution in [0.1, 0.15) is 42.6 Å². The molecular weight excluding hydrogens is 446 g/mol. The third kappa shape index (κ3) is 4.39. The van der Waals surface area contributed by atoms with Gasteiger partial charge in [-0.1, -0.05) is 12.5 Å². The summed E-state index contributed by atoms with van der Waals surface area (Å²) in [5, 5.41) is 6.80. The molecule has 5 atom stereocenters. The zero-order valence-electron chi connectivity index (χ0n) is 20.3. The lowest BCUT2D eigenvalue weighted by atomic mass is 9.92. The van der Waals surface area contributed by atoms with E-state index >= 15 is 0 Å². The van der Waals surface area contributed by atoms with Gasteiger partial charge >= 0.3 is 0 Å². The van der Waals surface area contributed by atoms with Crippen LogP contribution in [0.25, 0.3) is 10.9 Å². The predicted molar refractivity (Wildman–Crippen MR) is 133 cm³/mol. The van der Waals surface area contributed by atoms with Crippen molar-refractivity contribution in [2.75, 3.05) is 27.2 Å². The number of rotatable bonds is 7. The summed E-state index contributed by atoms with van der Waals surface area (Å²) in [6.07, 6.45) is 6.00. The molecule has 3 aliphatic rings. The highest BCUT2D eigenvalue weighted by Crippen LogP contribution is 2.43. The van der Waals surface area contributed by atoms with E-state index in [0.29, 0.717) is 36.9 Å². The average Bonchev–Trinajstić information content (AvgIpc) is 3.62. The number of aromatic nitrogens is 1. The molecule has 1 aliphatic carbocycles. The van der Waals surface area contributed by atoms with Gasteiger partial charge in [0, 0.05) is 43.2 Å². The summed E-state index contributed by atoms with van der Waals surface area (Å²) in [4.78, 5) is 48.5. The van der Waals surface area contributed by atoms with Crippen LogP contribution in [0.15, 0.2) is 29.3 Å². The Morgan fingerprint density at radius 3 is 2.91 bits per heavy atom. The third-order valence-corrected chi connectivity index (χ3v) is 7.85. The zero-order valence-corrected chi connectivity index (χ0v) is 20.3. The largest absolute Gasteiger partial charge is 0.496 e. The molecule has 2 aromatic rings. The molecule has 0 radical (unpaired) electrons. The van der Waals surface area contributed by atoms with Gasteiger partial charge in [-0.25, -0.2) is 0 Å². The first kappa shape index (κ1) is 23.4. The maximum absolute atomic E-state index is 13.7. The predicted octanol–water partition coefficient (Wildman–Crippen LogP) is 2.13. The van der Waals surface area contributed by atoms with E-state index in [1.165, 1.54) is 0 Å². The number of carbonyl (C=O) groups excluding carboxylic acids is 3. The normalized spacial score (nSPS) is 26.8. The van der Waals surface area contributed by atoms with Crippen LogP contribution in [0.3, 0.4) is 0 Å². The maximum atomic E-state index is 13.7. The van der Waals surface area contributed by atoms with Gasteiger partial charge < -0.3 is 25.3 Å². The molecule has 9 heteroatoms. The summed E-state index contributed by atoms with van der Waals surface area (Å²) in [6, 6.07) is 6.57. The van der Waals surface area contributed by atoms with Crippen LogP contribution >= 0.6 is 0 Å². The van der Waals surface area contributed by atoms with Crippen LogP contribution in [0.4, 0.5) is 0 Å². The number of methoxy groups -OCH3 is 1. The number of hydrogen-bond acceptors (Lipinski definition) is 5. The van der Waals surface area contributed by atoms with E-state index < -0.39 is 6.04 Å². The molecule has 3 unspecified atom stereocenters. The van der Waals surface area contributed by atoms with E-state index in [1.54, 1.807) is 25.3 Å². The number of H-pyrrole nitrogens is 1. The lowest BCUT2D eigenvalue weighted by Gasteiger charge is -2.28. The van der Waals surface area contributed by atoms with E-state index in [0.717, 1.165) is 36.6 Å². The summed E-state index contributed by atoms with van der Waals surface area (Å²) >= 11 is 0. The molecule has 186 valence electrons. The topological polar surface area (TPSA) is 116 Å². The summed E-state index contributed by atoms with van der Waals surface area (Å²) < 4.78 is 5.44. The van der Waals surface area contributed by atoms with Crippen molar-refractivity contribution in [3.63, 3.8) is 0 Å². The fourth-order valence-corrected chi connectivity index (χ4v) is 6.21. The number of aliphatic imine (C=N–C) groups is 1. The molecular formula is C26H33N5O4. The average molecular weight is 480 g/mol. The number of nitrogens with zero attached hydrogens (tertiary/aromatic N) is 2. The minimum atomic E-state index is -0.534. The summed E-state index contributed by atoms with van der Waals surface area (Å²) in [5.74, 6) is 0.720. The minimum absolute atomic E-state index is 0.0246. The van der Waals surface area contributed by atoms with Gasteiger partial charge in [0.15, 0.2) is 0 Å². The van der Waals surface area contributed by atoms with Gasteiger partial charge in [-0.05, 0) is 55.7 Å². The fourth-order valence-electron chi connectivity index (χ4n) is 6.21. The van der Waals surface area contributed by atoms with Crippen molar-refractivity contribution in [1.29, 1.82) is 0 Å². The summed E-state index contributed by atoms with van der Waals surface area (Å²) in [7, 11) is 3.27. The maximum Gasteiger partial charge on any atom is 0.271 e. The fraction of sp³-hybridized carbons (Fsp3) is 0.538. The van der Waals surface area contributed by atoms with E-state index in [1.807, 2.05) is 24.3 Å². The first-order valence-corrected chi connectivity index (χ1v) is 12.5. The molecule has 9 nitrogen and oxygen atoms in total. The number of benzene rings is 1. The van der Waals surface area contributed by atoms with Crippen molar-refractivity contribution in [2.24, 2.45) is 22.7 Å². The molecule has 3 heterocycles. The summed E-state index contributed by atoms with van der Waals surface area (Å²) in [6.45, 7) is 1.24. The SMILES string of the molecule is CN=C[C@H](C[C@@H]1CCNC1=O)NC(=O)C1C2CCCC2CN1C(=O)c1cc2c(OC)cccc2[nH]1. The third-order valence-electron chi connectivity index (χ3n) is 7.85. The Balaban J connectivity index is 1.38. The number of likely N-dealkylation sites (tertiary alicyclic amines) is 1. The van der Waals surface area contributed by atoms with Crippen molar-refractivity contribution in [3.8, 4) is 5.75 Å². The van der Waals surface area contributed by atoms with E-state index in [2.05, 4.69) is 20.6 Å².